The molecule has 1 saturated carbocycles. The van der Waals surface area contributed by atoms with E-state index < -0.39 is 18.2 Å². The maximum atomic E-state index is 12.7. The molecule has 2 aromatic carbocycles. The van der Waals surface area contributed by atoms with Crippen LogP contribution in [0.25, 0.3) is 16.8 Å². The van der Waals surface area contributed by atoms with Gasteiger partial charge in [-0.3, -0.25) is 9.59 Å². The third-order valence-corrected chi connectivity index (χ3v) is 7.05. The molecule has 0 spiro atoms. The van der Waals surface area contributed by atoms with Gasteiger partial charge in [0.1, 0.15) is 17.1 Å². The van der Waals surface area contributed by atoms with Gasteiger partial charge in [0, 0.05) is 24.5 Å². The third kappa shape index (κ3) is 6.57. The Kier molecular flexibility index (Phi) is 7.28. The topological polar surface area (TPSA) is 92.9 Å². The number of hydrogen-bond acceptors (Lipinski definition) is 4. The fourth-order valence-electron chi connectivity index (χ4n) is 5.10. The number of aromatic nitrogens is 2. The largest absolute Gasteiger partial charge is 0.573 e. The zero-order valence-electron chi connectivity index (χ0n) is 20.8. The number of nitrogens with zero attached hydrogens (tertiary/aromatic N) is 2. The van der Waals surface area contributed by atoms with Gasteiger partial charge in [-0.25, -0.2) is 4.98 Å². The lowest BCUT2D eigenvalue weighted by Crippen LogP contribution is -2.17. The van der Waals surface area contributed by atoms with Crippen molar-refractivity contribution in [1.29, 1.82) is 0 Å². The minimum Gasteiger partial charge on any atom is -0.481 e. The molecule has 0 radical (unpaired) electrons. The maximum Gasteiger partial charge on any atom is 0.573 e. The Balaban J connectivity index is 1.24. The Bertz CT molecular complexity index is 1470. The first kappa shape index (κ1) is 26.3. The summed E-state index contributed by atoms with van der Waals surface area (Å²) in [4.78, 5) is 28.0. The number of hydrogen-bond donors (Lipinski definition) is 2. The number of carboxylic acid groups (broad SMARTS) is 1. The van der Waals surface area contributed by atoms with E-state index >= 15 is 0 Å². The molecule has 2 N–H and O–H groups in total. The zero-order chi connectivity index (χ0) is 27.6. The molecular weight excluding hydrogens is 511 g/mol. The normalized spacial score (nSPS) is 17.6. The first-order valence-corrected chi connectivity index (χ1v) is 12.6. The number of nitrogens with one attached hydrogen (secondary N) is 1. The van der Waals surface area contributed by atoms with E-state index in [9.17, 15) is 22.8 Å². The maximum absolute atomic E-state index is 12.7. The van der Waals surface area contributed by atoms with Crippen LogP contribution >= 0.6 is 0 Å². The highest BCUT2D eigenvalue weighted by atomic mass is 19.4. The Morgan fingerprint density at radius 1 is 0.923 bits per heavy atom. The number of rotatable bonds is 7. The molecule has 202 valence electrons. The highest BCUT2D eigenvalue weighted by molar-refractivity contribution is 6.03. The number of alkyl halides is 3. The van der Waals surface area contributed by atoms with Crippen LogP contribution < -0.4 is 10.1 Å². The van der Waals surface area contributed by atoms with Gasteiger partial charge in [-0.15, -0.1) is 13.2 Å². The van der Waals surface area contributed by atoms with Gasteiger partial charge in [-0.2, -0.15) is 0 Å². The predicted molar refractivity (Wildman–Crippen MR) is 139 cm³/mol. The number of carbonyl (C=O) groups excluding carboxylic acids is 1. The lowest BCUT2D eigenvalue weighted by Gasteiger charge is -2.28. The summed E-state index contributed by atoms with van der Waals surface area (Å²) in [6.45, 7) is 0. The van der Waals surface area contributed by atoms with Crippen molar-refractivity contribution < 1.29 is 32.6 Å². The molecule has 2 aromatic heterocycles. The van der Waals surface area contributed by atoms with Gasteiger partial charge in [-0.1, -0.05) is 24.3 Å². The molecule has 1 aliphatic rings. The van der Waals surface area contributed by atoms with Gasteiger partial charge in [-0.05, 0) is 90.6 Å². The first-order valence-electron chi connectivity index (χ1n) is 12.6. The molecule has 0 saturated heterocycles. The van der Waals surface area contributed by atoms with Gasteiger partial charge < -0.3 is 19.6 Å². The summed E-state index contributed by atoms with van der Waals surface area (Å²) >= 11 is 0. The Morgan fingerprint density at radius 2 is 1.59 bits per heavy atom. The van der Waals surface area contributed by atoms with E-state index in [4.69, 9.17) is 5.11 Å². The summed E-state index contributed by atoms with van der Waals surface area (Å²) in [6.07, 6.45) is 2.80. The van der Waals surface area contributed by atoms with Crippen LogP contribution in [0.1, 0.15) is 54.1 Å². The lowest BCUT2D eigenvalue weighted by molar-refractivity contribution is -0.274. The van der Waals surface area contributed by atoms with Crippen molar-refractivity contribution in [2.45, 2.75) is 44.4 Å². The molecular formula is C29H26F3N3O4. The molecule has 2 heterocycles. The van der Waals surface area contributed by atoms with Crippen LogP contribution in [0.3, 0.4) is 0 Å². The smallest absolute Gasteiger partial charge is 0.481 e. The Hall–Kier alpha value is -4.34. The van der Waals surface area contributed by atoms with Crippen LogP contribution in [0.15, 0.2) is 73.1 Å². The van der Waals surface area contributed by atoms with E-state index in [1.165, 1.54) is 17.7 Å². The SMILES string of the molecule is O=C(O)C[C@H]1CC[C@H](c2ccc(-c3ccc4nc(C(=O)Nc5ccc(OC(F)(F)F)cc5)cn4c3)cc2)CC1. The zero-order valence-corrected chi connectivity index (χ0v) is 20.8. The number of ether oxygens (including phenoxy) is 1. The molecule has 1 amide bonds. The molecule has 10 heteroatoms. The van der Waals surface area contributed by atoms with Crippen LogP contribution in [0.4, 0.5) is 18.9 Å². The van der Waals surface area contributed by atoms with Crippen molar-refractivity contribution >= 4 is 23.2 Å². The van der Waals surface area contributed by atoms with E-state index in [1.807, 2.05) is 18.3 Å². The van der Waals surface area contributed by atoms with Crippen molar-refractivity contribution in [2.75, 3.05) is 5.32 Å². The van der Waals surface area contributed by atoms with Crippen molar-refractivity contribution in [3.63, 3.8) is 0 Å². The van der Waals surface area contributed by atoms with E-state index in [0.29, 0.717) is 17.3 Å². The summed E-state index contributed by atoms with van der Waals surface area (Å²) < 4.78 is 42.6. The van der Waals surface area contributed by atoms with Gasteiger partial charge in [0.2, 0.25) is 0 Å². The monoisotopic (exact) mass is 537 g/mol. The van der Waals surface area contributed by atoms with Crippen molar-refractivity contribution in [3.05, 3.63) is 84.3 Å². The summed E-state index contributed by atoms with van der Waals surface area (Å²) in [5.41, 5.74) is 4.27. The highest BCUT2D eigenvalue weighted by Gasteiger charge is 2.31. The Morgan fingerprint density at radius 3 is 2.23 bits per heavy atom. The van der Waals surface area contributed by atoms with E-state index in [2.05, 4.69) is 39.3 Å². The van der Waals surface area contributed by atoms with E-state index in [0.717, 1.165) is 48.9 Å². The summed E-state index contributed by atoms with van der Waals surface area (Å²) in [5, 5.41) is 11.6. The number of carboxylic acids is 1. The second-order valence-electron chi connectivity index (χ2n) is 9.77. The molecule has 39 heavy (non-hydrogen) atoms. The fraction of sp³-hybridized carbons (Fsp3) is 0.276. The number of amides is 1. The second kappa shape index (κ2) is 10.8. The number of imidazole rings is 1. The van der Waals surface area contributed by atoms with Crippen LogP contribution in [-0.2, 0) is 4.79 Å². The number of pyridine rings is 1. The molecule has 7 nitrogen and oxygen atoms in total. The molecule has 0 unspecified atom stereocenters. The van der Waals surface area contributed by atoms with Crippen molar-refractivity contribution in [1.82, 2.24) is 9.38 Å². The average molecular weight is 538 g/mol. The minimum atomic E-state index is -4.79. The number of fused-ring (bicyclic) bond motifs is 1. The van der Waals surface area contributed by atoms with E-state index in [-0.39, 0.29) is 23.8 Å². The number of carbonyl (C=O) groups is 2. The minimum absolute atomic E-state index is 0.164. The number of benzene rings is 2. The predicted octanol–water partition coefficient (Wildman–Crippen LogP) is 6.90. The molecule has 1 aliphatic carbocycles. The van der Waals surface area contributed by atoms with Crippen molar-refractivity contribution in [2.24, 2.45) is 5.92 Å². The quantitative estimate of drug-likeness (QED) is 0.268. The van der Waals surface area contributed by atoms with Gasteiger partial charge in [0.25, 0.3) is 5.91 Å². The average Bonchev–Trinajstić information content (AvgIpc) is 3.33. The van der Waals surface area contributed by atoms with Crippen LogP contribution in [-0.4, -0.2) is 32.7 Å². The van der Waals surface area contributed by atoms with Crippen LogP contribution in [0.2, 0.25) is 0 Å². The standard InChI is InChI=1S/C29H26F3N3O4/c30-29(31,32)39-24-12-10-23(11-13-24)33-28(38)25-17-35-16-22(9-14-26(35)34-25)21-7-5-20(6-8-21)19-3-1-18(2-4-19)15-27(36)37/h5-14,16-19H,1-4,15H2,(H,33,38)(H,36,37)/t18-,19-. The second-order valence-corrected chi connectivity index (χ2v) is 9.77. The fourth-order valence-corrected chi connectivity index (χ4v) is 5.10. The highest BCUT2D eigenvalue weighted by Crippen LogP contribution is 2.37. The van der Waals surface area contributed by atoms with Crippen LogP contribution in [0, 0.1) is 5.92 Å². The summed E-state index contributed by atoms with van der Waals surface area (Å²) in [6, 6.07) is 17.0. The lowest BCUT2D eigenvalue weighted by atomic mass is 9.77. The van der Waals surface area contributed by atoms with Gasteiger partial charge in [0.05, 0.1) is 0 Å². The van der Waals surface area contributed by atoms with Gasteiger partial charge in [0.15, 0.2) is 0 Å². The molecule has 1 fully saturated rings. The summed E-state index contributed by atoms with van der Waals surface area (Å²) in [7, 11) is 0. The number of aliphatic carboxylic acids is 1. The molecule has 0 aliphatic heterocycles. The first-order chi connectivity index (χ1) is 18.6. The van der Waals surface area contributed by atoms with Gasteiger partial charge >= 0.3 is 12.3 Å². The van der Waals surface area contributed by atoms with E-state index in [1.54, 1.807) is 10.6 Å². The summed E-state index contributed by atoms with van der Waals surface area (Å²) in [5.74, 6) is -0.886. The molecule has 0 bridgehead atoms. The Labute approximate surface area is 222 Å². The number of halogens is 3. The molecule has 0 atom stereocenters. The molecule has 5 rings (SSSR count). The van der Waals surface area contributed by atoms with Crippen LogP contribution in [0.5, 0.6) is 5.75 Å². The molecule has 4 aromatic rings. The third-order valence-electron chi connectivity index (χ3n) is 7.05. The van der Waals surface area contributed by atoms with Crippen molar-refractivity contribution in [3.8, 4) is 16.9 Å². The number of anilines is 1.